The van der Waals surface area contributed by atoms with Gasteiger partial charge < -0.3 is 15.6 Å². The average molecular weight is 421 g/mol. The van der Waals surface area contributed by atoms with Crippen molar-refractivity contribution in [1.82, 2.24) is 20.5 Å². The second kappa shape index (κ2) is 9.40. The van der Waals surface area contributed by atoms with Gasteiger partial charge in [0, 0.05) is 50.7 Å². The van der Waals surface area contributed by atoms with Gasteiger partial charge in [-0.25, -0.2) is 4.39 Å². The van der Waals surface area contributed by atoms with Crippen LogP contribution < -0.4 is 10.6 Å². The molecule has 1 saturated heterocycles. The fraction of sp³-hybridized carbons (Fsp3) is 0.389. The zero-order valence-corrected chi connectivity index (χ0v) is 15.7. The summed E-state index contributed by atoms with van der Waals surface area (Å²) >= 11 is 0. The van der Waals surface area contributed by atoms with Gasteiger partial charge >= 0.3 is 6.18 Å². The largest absolute Gasteiger partial charge is 0.405 e. The molecule has 0 aliphatic carbocycles. The first kappa shape index (κ1) is 22.2. The van der Waals surface area contributed by atoms with Crippen molar-refractivity contribution < 1.29 is 22.4 Å². The molecule has 0 bridgehead atoms. The van der Waals surface area contributed by atoms with Crippen molar-refractivity contribution in [3.63, 3.8) is 0 Å². The molecule has 154 valence electrons. The maximum atomic E-state index is 13.4. The predicted molar refractivity (Wildman–Crippen MR) is 100 cm³/mol. The van der Waals surface area contributed by atoms with Gasteiger partial charge in [0.25, 0.3) is 5.91 Å². The number of benzene rings is 1. The van der Waals surface area contributed by atoms with Crippen LogP contribution in [0.15, 0.2) is 36.7 Å². The molecule has 28 heavy (non-hydrogen) atoms. The van der Waals surface area contributed by atoms with Gasteiger partial charge in [-0.1, -0.05) is 12.1 Å². The van der Waals surface area contributed by atoms with Gasteiger partial charge in [-0.3, -0.25) is 9.69 Å². The molecule has 5 nitrogen and oxygen atoms in total. The highest BCUT2D eigenvalue weighted by atomic mass is 35.5. The molecule has 1 aliphatic rings. The maximum Gasteiger partial charge on any atom is 0.405 e. The van der Waals surface area contributed by atoms with Crippen molar-refractivity contribution >= 4 is 18.3 Å². The second-order valence-electron chi connectivity index (χ2n) is 6.34. The number of hydrogen-bond donors (Lipinski definition) is 3. The van der Waals surface area contributed by atoms with Crippen molar-refractivity contribution in [2.24, 2.45) is 0 Å². The molecule has 1 unspecified atom stereocenters. The number of nitrogens with one attached hydrogen (secondary N) is 3. The minimum atomic E-state index is -4.44. The molecule has 2 heterocycles. The van der Waals surface area contributed by atoms with Gasteiger partial charge in [0.1, 0.15) is 11.9 Å². The lowest BCUT2D eigenvalue weighted by molar-refractivity contribution is -0.183. The van der Waals surface area contributed by atoms with Crippen LogP contribution in [-0.4, -0.2) is 60.7 Å². The third-order valence-corrected chi connectivity index (χ3v) is 4.57. The molecule has 1 atom stereocenters. The van der Waals surface area contributed by atoms with E-state index in [0.717, 1.165) is 0 Å². The molecule has 1 fully saturated rings. The van der Waals surface area contributed by atoms with E-state index in [1.807, 2.05) is 0 Å². The summed E-state index contributed by atoms with van der Waals surface area (Å²) in [5.41, 5.74) is 1.30. The van der Waals surface area contributed by atoms with Crippen LogP contribution in [0.1, 0.15) is 10.4 Å². The number of aromatic nitrogens is 1. The third kappa shape index (κ3) is 5.24. The summed E-state index contributed by atoms with van der Waals surface area (Å²) in [6, 6.07) is 3.79. The lowest BCUT2D eigenvalue weighted by Gasteiger charge is -2.35. The number of rotatable bonds is 5. The quantitative estimate of drug-likeness (QED) is 0.652. The predicted octanol–water partition coefficient (Wildman–Crippen LogP) is 2.81. The van der Waals surface area contributed by atoms with E-state index in [1.54, 1.807) is 6.20 Å². The normalized spacial score (nSPS) is 16.3. The summed E-state index contributed by atoms with van der Waals surface area (Å²) in [7, 11) is 0. The SMILES string of the molecule is Cl.O=C(NCC(N1CCNCC1)C(F)(F)F)c1c[nH]cc1-c1ccc(F)cc1. The molecule has 0 saturated carbocycles. The summed E-state index contributed by atoms with van der Waals surface area (Å²) in [5, 5.41) is 5.41. The summed E-state index contributed by atoms with van der Waals surface area (Å²) in [6.45, 7) is 0.965. The highest BCUT2D eigenvalue weighted by Crippen LogP contribution is 2.26. The first-order valence-electron chi connectivity index (χ1n) is 8.58. The second-order valence-corrected chi connectivity index (χ2v) is 6.34. The average Bonchev–Trinajstić information content (AvgIpc) is 3.12. The van der Waals surface area contributed by atoms with Crippen molar-refractivity contribution in [3.8, 4) is 11.1 Å². The Morgan fingerprint density at radius 1 is 1.14 bits per heavy atom. The Morgan fingerprint density at radius 3 is 2.39 bits per heavy atom. The Labute approximate surface area is 165 Å². The minimum Gasteiger partial charge on any atom is -0.366 e. The number of nitrogens with zero attached hydrogens (tertiary/aromatic N) is 1. The molecule has 10 heteroatoms. The van der Waals surface area contributed by atoms with E-state index in [0.29, 0.717) is 24.2 Å². The Balaban J connectivity index is 0.00000280. The summed E-state index contributed by atoms with van der Waals surface area (Å²) in [5.74, 6) is -1.02. The van der Waals surface area contributed by atoms with Crippen molar-refractivity contribution in [1.29, 1.82) is 0 Å². The van der Waals surface area contributed by atoms with Crippen LogP contribution in [0.2, 0.25) is 0 Å². The topological polar surface area (TPSA) is 60.2 Å². The Bertz CT molecular complexity index is 773. The summed E-state index contributed by atoms with van der Waals surface area (Å²) in [6.07, 6.45) is -1.47. The summed E-state index contributed by atoms with van der Waals surface area (Å²) < 4.78 is 53.4. The van der Waals surface area contributed by atoms with Crippen LogP contribution in [-0.2, 0) is 0 Å². The number of H-pyrrole nitrogens is 1. The minimum absolute atomic E-state index is 0. The van der Waals surface area contributed by atoms with Gasteiger partial charge in [-0.15, -0.1) is 12.4 Å². The van der Waals surface area contributed by atoms with E-state index >= 15 is 0 Å². The molecule has 1 aliphatic heterocycles. The zero-order chi connectivity index (χ0) is 19.4. The molecular formula is C18H21ClF4N4O. The van der Waals surface area contributed by atoms with Crippen molar-refractivity contribution in [2.45, 2.75) is 12.2 Å². The van der Waals surface area contributed by atoms with Crippen LogP contribution in [0.4, 0.5) is 17.6 Å². The molecular weight excluding hydrogens is 400 g/mol. The number of hydrogen-bond acceptors (Lipinski definition) is 3. The monoisotopic (exact) mass is 420 g/mol. The van der Waals surface area contributed by atoms with Gasteiger partial charge in [-0.2, -0.15) is 13.2 Å². The van der Waals surface area contributed by atoms with Gasteiger partial charge in [0.2, 0.25) is 0 Å². The number of halogens is 5. The number of carbonyl (C=O) groups excluding carboxylic acids is 1. The lowest BCUT2D eigenvalue weighted by Crippen LogP contribution is -2.57. The standard InChI is InChI=1S/C18H20F4N4O.ClH/c19-13-3-1-12(2-4-13)14-9-24-10-15(14)17(27)25-11-16(18(20,21)22)26-7-5-23-6-8-26;/h1-4,9-10,16,23-24H,5-8,11H2,(H,25,27);1H. The Kier molecular flexibility index (Phi) is 7.45. The molecule has 1 aromatic heterocycles. The van der Waals surface area contributed by atoms with E-state index in [4.69, 9.17) is 0 Å². The van der Waals surface area contributed by atoms with E-state index < -0.39 is 30.5 Å². The molecule has 3 rings (SSSR count). The van der Waals surface area contributed by atoms with E-state index in [-0.39, 0.29) is 31.1 Å². The first-order chi connectivity index (χ1) is 12.9. The highest BCUT2D eigenvalue weighted by molar-refractivity contribution is 6.00. The fourth-order valence-electron chi connectivity index (χ4n) is 3.15. The highest BCUT2D eigenvalue weighted by Gasteiger charge is 2.43. The molecule has 2 aromatic rings. The molecule has 0 radical (unpaired) electrons. The van der Waals surface area contributed by atoms with Crippen LogP contribution in [0, 0.1) is 5.82 Å². The Hall–Kier alpha value is -2.10. The first-order valence-corrected chi connectivity index (χ1v) is 8.58. The molecule has 1 amide bonds. The van der Waals surface area contributed by atoms with E-state index in [1.165, 1.54) is 35.4 Å². The fourth-order valence-corrected chi connectivity index (χ4v) is 3.15. The third-order valence-electron chi connectivity index (χ3n) is 4.57. The van der Waals surface area contributed by atoms with Crippen LogP contribution >= 0.6 is 12.4 Å². The zero-order valence-electron chi connectivity index (χ0n) is 14.9. The van der Waals surface area contributed by atoms with Crippen molar-refractivity contribution in [2.75, 3.05) is 32.7 Å². The lowest BCUT2D eigenvalue weighted by atomic mass is 10.0. The number of piperazine rings is 1. The van der Waals surface area contributed by atoms with E-state index in [9.17, 15) is 22.4 Å². The number of amides is 1. The number of alkyl halides is 3. The van der Waals surface area contributed by atoms with Crippen LogP contribution in [0.25, 0.3) is 11.1 Å². The number of aromatic amines is 1. The number of carbonyl (C=O) groups is 1. The maximum absolute atomic E-state index is 13.4. The van der Waals surface area contributed by atoms with Gasteiger partial charge in [0.15, 0.2) is 0 Å². The molecule has 3 N–H and O–H groups in total. The van der Waals surface area contributed by atoms with Crippen LogP contribution in [0.3, 0.4) is 0 Å². The van der Waals surface area contributed by atoms with Gasteiger partial charge in [0.05, 0.1) is 5.56 Å². The van der Waals surface area contributed by atoms with Crippen molar-refractivity contribution in [3.05, 3.63) is 48.0 Å². The smallest absolute Gasteiger partial charge is 0.366 e. The molecule has 1 aromatic carbocycles. The van der Waals surface area contributed by atoms with E-state index in [2.05, 4.69) is 15.6 Å². The summed E-state index contributed by atoms with van der Waals surface area (Å²) in [4.78, 5) is 16.6. The van der Waals surface area contributed by atoms with Gasteiger partial charge in [-0.05, 0) is 17.7 Å². The molecule has 0 spiro atoms. The Morgan fingerprint density at radius 2 is 1.79 bits per heavy atom. The van der Waals surface area contributed by atoms with Crippen LogP contribution in [0.5, 0.6) is 0 Å².